The standard InChI is InChI=1S/C11H14ClNO3/c1-8-3-4-10(13(14)15)11(5-8)16-7-9(2)6-12/h3-5,9H,6-7H2,1-2H3. The van der Waals surface area contributed by atoms with Crippen molar-refractivity contribution in [2.24, 2.45) is 5.92 Å². The van der Waals surface area contributed by atoms with E-state index in [1.807, 2.05) is 13.8 Å². The Bertz CT molecular complexity index is 381. The van der Waals surface area contributed by atoms with E-state index >= 15 is 0 Å². The van der Waals surface area contributed by atoms with Gasteiger partial charge in [-0.05, 0) is 18.6 Å². The Hall–Kier alpha value is -1.29. The Morgan fingerprint density at radius 1 is 1.56 bits per heavy atom. The molecule has 1 atom stereocenters. The zero-order chi connectivity index (χ0) is 12.1. The van der Waals surface area contributed by atoms with Crippen molar-refractivity contribution >= 4 is 17.3 Å². The molecule has 0 heterocycles. The summed E-state index contributed by atoms with van der Waals surface area (Å²) in [5.74, 6) is 0.948. The van der Waals surface area contributed by atoms with Crippen LogP contribution in [0, 0.1) is 23.0 Å². The van der Waals surface area contributed by atoms with Gasteiger partial charge in [-0.3, -0.25) is 10.1 Å². The third-order valence-corrected chi connectivity index (χ3v) is 2.63. The van der Waals surface area contributed by atoms with Gasteiger partial charge in [0.1, 0.15) is 0 Å². The highest BCUT2D eigenvalue weighted by Crippen LogP contribution is 2.28. The topological polar surface area (TPSA) is 52.4 Å². The van der Waals surface area contributed by atoms with E-state index in [0.717, 1.165) is 5.56 Å². The van der Waals surface area contributed by atoms with Crippen LogP contribution in [0.1, 0.15) is 12.5 Å². The lowest BCUT2D eigenvalue weighted by Crippen LogP contribution is -2.10. The molecule has 1 aromatic rings. The Labute approximate surface area is 99.3 Å². The van der Waals surface area contributed by atoms with Crippen LogP contribution < -0.4 is 4.74 Å². The van der Waals surface area contributed by atoms with Crippen LogP contribution in [0.5, 0.6) is 5.75 Å². The Morgan fingerprint density at radius 3 is 2.81 bits per heavy atom. The molecule has 0 aliphatic rings. The smallest absolute Gasteiger partial charge is 0.310 e. The monoisotopic (exact) mass is 243 g/mol. The number of halogens is 1. The molecule has 0 fully saturated rings. The van der Waals surface area contributed by atoms with E-state index in [4.69, 9.17) is 16.3 Å². The van der Waals surface area contributed by atoms with Gasteiger partial charge in [-0.25, -0.2) is 0 Å². The van der Waals surface area contributed by atoms with Crippen LogP contribution in [0.15, 0.2) is 18.2 Å². The molecule has 0 saturated heterocycles. The van der Waals surface area contributed by atoms with Crippen molar-refractivity contribution in [3.63, 3.8) is 0 Å². The lowest BCUT2D eigenvalue weighted by molar-refractivity contribution is -0.385. The van der Waals surface area contributed by atoms with Gasteiger partial charge in [-0.15, -0.1) is 11.6 Å². The van der Waals surface area contributed by atoms with E-state index in [1.54, 1.807) is 12.1 Å². The van der Waals surface area contributed by atoms with E-state index < -0.39 is 4.92 Å². The third-order valence-electron chi connectivity index (χ3n) is 2.10. The Morgan fingerprint density at radius 2 is 2.25 bits per heavy atom. The SMILES string of the molecule is Cc1ccc([N+](=O)[O-])c(OCC(C)CCl)c1. The highest BCUT2D eigenvalue weighted by molar-refractivity contribution is 6.18. The molecule has 0 aromatic heterocycles. The van der Waals surface area contributed by atoms with E-state index in [9.17, 15) is 10.1 Å². The van der Waals surface area contributed by atoms with Crippen LogP contribution in [-0.4, -0.2) is 17.4 Å². The van der Waals surface area contributed by atoms with E-state index in [2.05, 4.69) is 0 Å². The molecule has 0 saturated carbocycles. The maximum atomic E-state index is 10.7. The molecule has 0 N–H and O–H groups in total. The number of hydrogen-bond acceptors (Lipinski definition) is 3. The van der Waals surface area contributed by atoms with E-state index in [0.29, 0.717) is 18.2 Å². The molecule has 0 amide bonds. The second-order valence-corrected chi connectivity index (χ2v) is 4.11. The molecule has 1 aromatic carbocycles. The van der Waals surface area contributed by atoms with Gasteiger partial charge in [-0.1, -0.05) is 13.0 Å². The molecular weight excluding hydrogens is 230 g/mol. The lowest BCUT2D eigenvalue weighted by Gasteiger charge is -2.10. The van der Waals surface area contributed by atoms with Crippen LogP contribution in [0.4, 0.5) is 5.69 Å². The molecule has 0 bridgehead atoms. The fraction of sp³-hybridized carbons (Fsp3) is 0.455. The number of rotatable bonds is 5. The summed E-state index contributed by atoms with van der Waals surface area (Å²) >= 11 is 5.64. The first kappa shape index (κ1) is 12.8. The van der Waals surface area contributed by atoms with Crippen molar-refractivity contribution < 1.29 is 9.66 Å². The zero-order valence-corrected chi connectivity index (χ0v) is 10.0. The van der Waals surface area contributed by atoms with Gasteiger partial charge in [0.05, 0.1) is 11.5 Å². The van der Waals surface area contributed by atoms with Gasteiger partial charge in [0.15, 0.2) is 5.75 Å². The van der Waals surface area contributed by atoms with E-state index in [-0.39, 0.29) is 11.6 Å². The molecule has 16 heavy (non-hydrogen) atoms. The minimum Gasteiger partial charge on any atom is -0.486 e. The maximum absolute atomic E-state index is 10.7. The molecule has 1 rings (SSSR count). The summed E-state index contributed by atoms with van der Waals surface area (Å²) in [4.78, 5) is 10.3. The van der Waals surface area contributed by atoms with Crippen molar-refractivity contribution in [2.75, 3.05) is 12.5 Å². The normalized spacial score (nSPS) is 12.2. The average molecular weight is 244 g/mol. The minimum atomic E-state index is -0.444. The van der Waals surface area contributed by atoms with Gasteiger partial charge in [0.25, 0.3) is 0 Å². The fourth-order valence-electron chi connectivity index (χ4n) is 1.16. The summed E-state index contributed by atoms with van der Waals surface area (Å²) in [6.45, 7) is 4.17. The second kappa shape index (κ2) is 5.70. The van der Waals surface area contributed by atoms with Crippen molar-refractivity contribution in [2.45, 2.75) is 13.8 Å². The first-order chi connectivity index (χ1) is 7.54. The number of nitro groups is 1. The Kier molecular flexibility index (Phi) is 4.55. The molecule has 0 radical (unpaired) electrons. The average Bonchev–Trinajstić information content (AvgIpc) is 2.25. The molecule has 4 nitrogen and oxygen atoms in total. The molecular formula is C11H14ClNO3. The Balaban J connectivity index is 2.84. The van der Waals surface area contributed by atoms with Crippen LogP contribution in [0.3, 0.4) is 0 Å². The van der Waals surface area contributed by atoms with Crippen LogP contribution in [-0.2, 0) is 0 Å². The minimum absolute atomic E-state index is 0.00706. The van der Waals surface area contributed by atoms with Crippen LogP contribution in [0.25, 0.3) is 0 Å². The number of alkyl halides is 1. The van der Waals surface area contributed by atoms with Crippen molar-refractivity contribution in [1.82, 2.24) is 0 Å². The van der Waals surface area contributed by atoms with Gasteiger partial charge >= 0.3 is 5.69 Å². The first-order valence-corrected chi connectivity index (χ1v) is 5.52. The highest BCUT2D eigenvalue weighted by Gasteiger charge is 2.15. The number of nitro benzene ring substituents is 1. The molecule has 88 valence electrons. The van der Waals surface area contributed by atoms with Crippen molar-refractivity contribution in [3.8, 4) is 5.75 Å². The summed E-state index contributed by atoms with van der Waals surface area (Å²) in [5, 5.41) is 10.7. The molecule has 0 aliphatic heterocycles. The number of hydrogen-bond donors (Lipinski definition) is 0. The number of nitrogens with zero attached hydrogens (tertiary/aromatic N) is 1. The summed E-state index contributed by atoms with van der Waals surface area (Å²) in [6.07, 6.45) is 0. The van der Waals surface area contributed by atoms with E-state index in [1.165, 1.54) is 6.07 Å². The summed E-state index contributed by atoms with van der Waals surface area (Å²) in [7, 11) is 0. The predicted octanol–water partition coefficient (Wildman–Crippen LogP) is 3.16. The van der Waals surface area contributed by atoms with Crippen molar-refractivity contribution in [1.29, 1.82) is 0 Å². The first-order valence-electron chi connectivity index (χ1n) is 4.98. The van der Waals surface area contributed by atoms with Gasteiger partial charge < -0.3 is 4.74 Å². The largest absolute Gasteiger partial charge is 0.486 e. The summed E-state index contributed by atoms with van der Waals surface area (Å²) < 4.78 is 5.41. The van der Waals surface area contributed by atoms with Crippen molar-refractivity contribution in [3.05, 3.63) is 33.9 Å². The van der Waals surface area contributed by atoms with Gasteiger partial charge in [-0.2, -0.15) is 0 Å². The maximum Gasteiger partial charge on any atom is 0.310 e. The number of aryl methyl sites for hydroxylation is 1. The van der Waals surface area contributed by atoms with Crippen LogP contribution in [0.2, 0.25) is 0 Å². The quantitative estimate of drug-likeness (QED) is 0.453. The second-order valence-electron chi connectivity index (χ2n) is 3.80. The molecule has 5 heteroatoms. The number of ether oxygens (including phenoxy) is 1. The van der Waals surface area contributed by atoms with Gasteiger partial charge in [0, 0.05) is 17.9 Å². The number of benzene rings is 1. The highest BCUT2D eigenvalue weighted by atomic mass is 35.5. The lowest BCUT2D eigenvalue weighted by atomic mass is 10.2. The van der Waals surface area contributed by atoms with Gasteiger partial charge in [0.2, 0.25) is 0 Å². The predicted molar refractivity (Wildman–Crippen MR) is 63.2 cm³/mol. The molecule has 0 spiro atoms. The molecule has 0 aliphatic carbocycles. The molecule has 1 unspecified atom stereocenters. The summed E-state index contributed by atoms with van der Waals surface area (Å²) in [5.41, 5.74) is 0.923. The third kappa shape index (κ3) is 3.38. The van der Waals surface area contributed by atoms with Crippen LogP contribution >= 0.6 is 11.6 Å². The summed E-state index contributed by atoms with van der Waals surface area (Å²) in [6, 6.07) is 4.81. The zero-order valence-electron chi connectivity index (χ0n) is 9.27. The fourth-order valence-corrected chi connectivity index (χ4v) is 1.25.